The molecule has 94 valence electrons. The van der Waals surface area contributed by atoms with Gasteiger partial charge in [-0.3, -0.25) is 4.79 Å². The van der Waals surface area contributed by atoms with E-state index in [4.69, 9.17) is 10.9 Å². The van der Waals surface area contributed by atoms with Crippen LogP contribution in [0.15, 0.2) is 21.1 Å². The maximum Gasteiger partial charge on any atom is 0.231 e. The fourth-order valence-corrected chi connectivity index (χ4v) is 2.77. The smallest absolute Gasteiger partial charge is 0.231 e. The fourth-order valence-electron chi connectivity index (χ4n) is 1.34. The molecule has 17 heavy (non-hydrogen) atoms. The lowest BCUT2D eigenvalue weighted by molar-refractivity contribution is -0.123. The highest BCUT2D eigenvalue weighted by Crippen LogP contribution is 2.22. The Hall–Kier alpha value is -1.08. The standard InChI is InChI=1S/C10H14BrN3O2S/c1-2-6(9(12)14-16)10(15)13-5-8-7(11)3-4-17-8/h3-4,6,16H,2,5H2,1H3,(H2,12,14)(H,13,15). The van der Waals surface area contributed by atoms with Crippen LogP contribution >= 0.6 is 27.3 Å². The minimum absolute atomic E-state index is 0.0600. The molecule has 0 bridgehead atoms. The van der Waals surface area contributed by atoms with Gasteiger partial charge < -0.3 is 16.3 Å². The maximum absolute atomic E-state index is 11.8. The molecule has 0 radical (unpaired) electrons. The Balaban J connectivity index is 2.57. The molecule has 4 N–H and O–H groups in total. The van der Waals surface area contributed by atoms with Gasteiger partial charge in [0.15, 0.2) is 5.84 Å². The third-order valence-electron chi connectivity index (χ3n) is 2.31. The summed E-state index contributed by atoms with van der Waals surface area (Å²) in [4.78, 5) is 12.8. The first-order chi connectivity index (χ1) is 8.10. The summed E-state index contributed by atoms with van der Waals surface area (Å²) < 4.78 is 0.972. The third-order valence-corrected chi connectivity index (χ3v) is 4.24. The first-order valence-electron chi connectivity index (χ1n) is 5.07. The Morgan fingerprint density at radius 2 is 2.47 bits per heavy atom. The van der Waals surface area contributed by atoms with Crippen LogP contribution in [0, 0.1) is 5.92 Å². The van der Waals surface area contributed by atoms with Crippen LogP contribution in [0.2, 0.25) is 0 Å². The van der Waals surface area contributed by atoms with Crippen LogP contribution < -0.4 is 11.1 Å². The monoisotopic (exact) mass is 319 g/mol. The molecule has 1 aromatic heterocycles. The number of nitrogens with one attached hydrogen (secondary N) is 1. The minimum Gasteiger partial charge on any atom is -0.409 e. The van der Waals surface area contributed by atoms with Crippen LogP contribution in [0.4, 0.5) is 0 Å². The number of thiophene rings is 1. The van der Waals surface area contributed by atoms with Crippen LogP contribution in [-0.4, -0.2) is 17.0 Å². The van der Waals surface area contributed by atoms with E-state index in [1.165, 1.54) is 0 Å². The summed E-state index contributed by atoms with van der Waals surface area (Å²) in [5.74, 6) is -0.878. The Morgan fingerprint density at radius 1 is 1.76 bits per heavy atom. The van der Waals surface area contributed by atoms with Crippen LogP contribution in [-0.2, 0) is 11.3 Å². The van der Waals surface area contributed by atoms with Gasteiger partial charge in [-0.05, 0) is 33.8 Å². The van der Waals surface area contributed by atoms with Gasteiger partial charge in [-0.1, -0.05) is 12.1 Å². The molecule has 0 aliphatic heterocycles. The van der Waals surface area contributed by atoms with Gasteiger partial charge in [-0.25, -0.2) is 0 Å². The van der Waals surface area contributed by atoms with Gasteiger partial charge in [0.05, 0.1) is 12.5 Å². The van der Waals surface area contributed by atoms with Crippen molar-refractivity contribution < 1.29 is 10.0 Å². The van der Waals surface area contributed by atoms with E-state index in [1.807, 2.05) is 18.4 Å². The molecule has 0 aliphatic carbocycles. The summed E-state index contributed by atoms with van der Waals surface area (Å²) in [6, 6.07) is 1.92. The van der Waals surface area contributed by atoms with Gasteiger partial charge in [0.25, 0.3) is 0 Å². The van der Waals surface area contributed by atoms with Gasteiger partial charge in [0.2, 0.25) is 5.91 Å². The van der Waals surface area contributed by atoms with Gasteiger partial charge in [-0.15, -0.1) is 11.3 Å². The first-order valence-corrected chi connectivity index (χ1v) is 6.74. The van der Waals surface area contributed by atoms with Crippen molar-refractivity contribution in [2.24, 2.45) is 16.8 Å². The Kier molecular flexibility index (Phi) is 5.43. The Bertz CT molecular complexity index is 419. The van der Waals surface area contributed by atoms with E-state index >= 15 is 0 Å². The molecule has 0 saturated carbocycles. The topological polar surface area (TPSA) is 87.7 Å². The SMILES string of the molecule is CCC(C(=O)NCc1sccc1Br)C(N)=NO. The van der Waals surface area contributed by atoms with E-state index in [9.17, 15) is 4.79 Å². The number of halogens is 1. The van der Waals surface area contributed by atoms with Crippen molar-refractivity contribution in [1.82, 2.24) is 5.32 Å². The lowest BCUT2D eigenvalue weighted by Crippen LogP contribution is -2.38. The second-order valence-electron chi connectivity index (χ2n) is 3.40. The van der Waals surface area contributed by atoms with Crippen molar-refractivity contribution in [3.8, 4) is 0 Å². The number of amides is 1. The molecule has 1 atom stereocenters. The molecule has 0 spiro atoms. The molecule has 7 heteroatoms. The molecule has 0 fully saturated rings. The zero-order valence-corrected chi connectivity index (χ0v) is 11.7. The first kappa shape index (κ1) is 14.0. The fraction of sp³-hybridized carbons (Fsp3) is 0.400. The average Bonchev–Trinajstić information content (AvgIpc) is 2.72. The van der Waals surface area contributed by atoms with E-state index < -0.39 is 5.92 Å². The molecule has 1 heterocycles. The van der Waals surface area contributed by atoms with Crippen LogP contribution in [0.3, 0.4) is 0 Å². The molecule has 1 unspecified atom stereocenters. The highest BCUT2D eigenvalue weighted by atomic mass is 79.9. The van der Waals surface area contributed by atoms with Crippen LogP contribution in [0.5, 0.6) is 0 Å². The number of oxime groups is 1. The predicted molar refractivity (Wildman–Crippen MR) is 71.1 cm³/mol. The molecule has 1 amide bonds. The quantitative estimate of drug-likeness (QED) is 0.335. The Labute approximate surface area is 112 Å². The molecule has 0 aliphatic rings. The predicted octanol–water partition coefficient (Wildman–Crippen LogP) is 1.90. The number of rotatable bonds is 5. The van der Waals surface area contributed by atoms with Crippen molar-refractivity contribution in [3.63, 3.8) is 0 Å². The van der Waals surface area contributed by atoms with Gasteiger partial charge >= 0.3 is 0 Å². The number of hydrogen-bond acceptors (Lipinski definition) is 4. The second kappa shape index (κ2) is 6.61. The van der Waals surface area contributed by atoms with E-state index in [0.717, 1.165) is 9.35 Å². The van der Waals surface area contributed by atoms with Crippen LogP contribution in [0.25, 0.3) is 0 Å². The molecular weight excluding hydrogens is 306 g/mol. The molecule has 1 aromatic rings. The summed E-state index contributed by atoms with van der Waals surface area (Å²) in [5, 5.41) is 16.1. The van der Waals surface area contributed by atoms with Crippen LogP contribution in [0.1, 0.15) is 18.2 Å². The van der Waals surface area contributed by atoms with E-state index in [2.05, 4.69) is 26.4 Å². The highest BCUT2D eigenvalue weighted by Gasteiger charge is 2.21. The van der Waals surface area contributed by atoms with Crippen molar-refractivity contribution in [3.05, 3.63) is 20.8 Å². The molecule has 0 aromatic carbocycles. The van der Waals surface area contributed by atoms with Gasteiger partial charge in [0, 0.05) is 9.35 Å². The van der Waals surface area contributed by atoms with Crippen molar-refractivity contribution in [2.45, 2.75) is 19.9 Å². The normalized spacial score (nSPS) is 13.4. The summed E-state index contributed by atoms with van der Waals surface area (Å²) >= 11 is 4.94. The lowest BCUT2D eigenvalue weighted by Gasteiger charge is -2.12. The summed E-state index contributed by atoms with van der Waals surface area (Å²) in [7, 11) is 0. The maximum atomic E-state index is 11.8. The number of nitrogens with zero attached hydrogens (tertiary/aromatic N) is 1. The lowest BCUT2D eigenvalue weighted by atomic mass is 10.1. The molecule has 0 saturated heterocycles. The number of nitrogens with two attached hydrogens (primary N) is 1. The van der Waals surface area contributed by atoms with E-state index in [1.54, 1.807) is 11.3 Å². The van der Waals surface area contributed by atoms with Gasteiger partial charge in [-0.2, -0.15) is 0 Å². The summed E-state index contributed by atoms with van der Waals surface area (Å²) in [5.41, 5.74) is 5.44. The van der Waals surface area contributed by atoms with Gasteiger partial charge in [0.1, 0.15) is 0 Å². The van der Waals surface area contributed by atoms with Crippen molar-refractivity contribution in [2.75, 3.05) is 0 Å². The van der Waals surface area contributed by atoms with E-state index in [0.29, 0.717) is 13.0 Å². The minimum atomic E-state index is -0.585. The van der Waals surface area contributed by atoms with Crippen molar-refractivity contribution >= 4 is 39.0 Å². The zero-order chi connectivity index (χ0) is 12.8. The number of amidine groups is 1. The van der Waals surface area contributed by atoms with E-state index in [-0.39, 0.29) is 11.7 Å². The third kappa shape index (κ3) is 3.71. The molecule has 1 rings (SSSR count). The summed E-state index contributed by atoms with van der Waals surface area (Å²) in [6.45, 7) is 2.25. The molecule has 5 nitrogen and oxygen atoms in total. The highest BCUT2D eigenvalue weighted by molar-refractivity contribution is 9.10. The summed E-state index contributed by atoms with van der Waals surface area (Å²) in [6.07, 6.45) is 0.493. The Morgan fingerprint density at radius 3 is 2.94 bits per heavy atom. The number of hydrogen-bond donors (Lipinski definition) is 3. The zero-order valence-electron chi connectivity index (χ0n) is 9.31. The number of carbonyl (C=O) groups is 1. The van der Waals surface area contributed by atoms with Crippen molar-refractivity contribution in [1.29, 1.82) is 0 Å². The average molecular weight is 320 g/mol. The second-order valence-corrected chi connectivity index (χ2v) is 5.25. The number of carbonyl (C=O) groups excluding carboxylic acids is 1. The molecular formula is C10H14BrN3O2S. The largest absolute Gasteiger partial charge is 0.409 e.